The molecule has 0 amide bonds. The molecule has 0 atom stereocenters. The Bertz CT molecular complexity index is 440. The van der Waals surface area contributed by atoms with E-state index in [9.17, 15) is 0 Å². The van der Waals surface area contributed by atoms with E-state index in [2.05, 4.69) is 5.32 Å². The molecule has 0 aromatic heterocycles. The monoisotopic (exact) mass is 295 g/mol. The highest BCUT2D eigenvalue weighted by atomic mass is 35.5. The van der Waals surface area contributed by atoms with Crippen molar-refractivity contribution in [3.63, 3.8) is 0 Å². The van der Waals surface area contributed by atoms with Crippen LogP contribution >= 0.6 is 11.6 Å². The third-order valence-corrected chi connectivity index (χ3v) is 4.40. The van der Waals surface area contributed by atoms with Crippen LogP contribution in [0.3, 0.4) is 0 Å². The predicted molar refractivity (Wildman–Crippen MR) is 80.9 cm³/mol. The third-order valence-electron chi connectivity index (χ3n) is 4.09. The van der Waals surface area contributed by atoms with Crippen LogP contribution in [0.5, 0.6) is 11.5 Å². The Hall–Kier alpha value is -0.930. The number of hydrogen-bond donors (Lipinski definition) is 1. The lowest BCUT2D eigenvalue weighted by Gasteiger charge is -2.24. The Labute approximate surface area is 125 Å². The van der Waals surface area contributed by atoms with Gasteiger partial charge in [-0.3, -0.25) is 0 Å². The van der Waals surface area contributed by atoms with Crippen molar-refractivity contribution in [2.24, 2.45) is 0 Å². The van der Waals surface area contributed by atoms with Crippen molar-refractivity contribution in [2.75, 3.05) is 13.1 Å². The minimum absolute atomic E-state index is 0.303. The number of ether oxygens (including phenoxy) is 2. The minimum Gasteiger partial charge on any atom is -0.490 e. The maximum Gasteiger partial charge on any atom is 0.141 e. The van der Waals surface area contributed by atoms with Gasteiger partial charge in [-0.1, -0.05) is 11.6 Å². The zero-order valence-corrected chi connectivity index (χ0v) is 12.5. The van der Waals surface area contributed by atoms with Crippen LogP contribution in [0.1, 0.15) is 38.5 Å². The molecule has 3 nitrogen and oxygen atoms in total. The fraction of sp³-hybridized carbons (Fsp3) is 0.625. The van der Waals surface area contributed by atoms with E-state index in [1.807, 2.05) is 18.2 Å². The second kappa shape index (κ2) is 6.68. The summed E-state index contributed by atoms with van der Waals surface area (Å²) in [5.74, 6) is 1.64. The molecule has 0 spiro atoms. The molecule has 4 heteroatoms. The van der Waals surface area contributed by atoms with Crippen LogP contribution in [-0.2, 0) is 0 Å². The van der Waals surface area contributed by atoms with Gasteiger partial charge in [-0.15, -0.1) is 0 Å². The molecule has 1 heterocycles. The molecule has 110 valence electrons. The normalized spacial score (nSPS) is 21.1. The van der Waals surface area contributed by atoms with E-state index in [1.54, 1.807) is 0 Å². The second-order valence-corrected chi connectivity index (χ2v) is 6.09. The van der Waals surface area contributed by atoms with Gasteiger partial charge in [-0.25, -0.2) is 0 Å². The number of rotatable bonds is 4. The summed E-state index contributed by atoms with van der Waals surface area (Å²) in [6, 6.07) is 5.76. The van der Waals surface area contributed by atoms with E-state index in [0.717, 1.165) is 50.3 Å². The molecule has 1 aromatic rings. The lowest BCUT2D eigenvalue weighted by atomic mass is 10.1. The molecule has 1 aromatic carbocycles. The Balaban J connectivity index is 1.65. The molecule has 20 heavy (non-hydrogen) atoms. The van der Waals surface area contributed by atoms with E-state index >= 15 is 0 Å². The summed E-state index contributed by atoms with van der Waals surface area (Å²) in [5.41, 5.74) is 0. The fourth-order valence-corrected chi connectivity index (χ4v) is 3.10. The first-order valence-corrected chi connectivity index (χ1v) is 8.02. The van der Waals surface area contributed by atoms with E-state index in [-0.39, 0.29) is 0 Å². The summed E-state index contributed by atoms with van der Waals surface area (Å²) in [6.45, 7) is 2.06. The molecular formula is C16H22ClNO2. The van der Waals surface area contributed by atoms with Gasteiger partial charge in [-0.05, 0) is 63.7 Å². The van der Waals surface area contributed by atoms with Gasteiger partial charge in [0.25, 0.3) is 0 Å². The molecule has 2 aliphatic rings. The largest absolute Gasteiger partial charge is 0.490 e. The van der Waals surface area contributed by atoms with Gasteiger partial charge in [0.1, 0.15) is 17.6 Å². The van der Waals surface area contributed by atoms with Gasteiger partial charge >= 0.3 is 0 Å². The lowest BCUT2D eigenvalue weighted by Crippen LogP contribution is -2.34. The first-order chi connectivity index (χ1) is 9.81. The van der Waals surface area contributed by atoms with E-state index < -0.39 is 0 Å². The Morgan fingerprint density at radius 1 is 0.950 bits per heavy atom. The highest BCUT2D eigenvalue weighted by Gasteiger charge is 2.19. The molecule has 1 saturated carbocycles. The van der Waals surface area contributed by atoms with Gasteiger partial charge < -0.3 is 14.8 Å². The van der Waals surface area contributed by atoms with Crippen molar-refractivity contribution < 1.29 is 9.47 Å². The summed E-state index contributed by atoms with van der Waals surface area (Å²) in [5, 5.41) is 4.02. The van der Waals surface area contributed by atoms with Crippen molar-refractivity contribution in [3.05, 3.63) is 23.2 Å². The van der Waals surface area contributed by atoms with Gasteiger partial charge in [0.15, 0.2) is 0 Å². The molecule has 2 fully saturated rings. The van der Waals surface area contributed by atoms with Crippen LogP contribution in [0.2, 0.25) is 5.02 Å². The van der Waals surface area contributed by atoms with Crippen molar-refractivity contribution in [2.45, 2.75) is 50.7 Å². The number of hydrogen-bond acceptors (Lipinski definition) is 3. The average Bonchev–Trinajstić information content (AvgIpc) is 2.97. The molecular weight excluding hydrogens is 274 g/mol. The summed E-state index contributed by atoms with van der Waals surface area (Å²) >= 11 is 6.23. The number of benzene rings is 1. The SMILES string of the molecule is Clc1ccc(OC2CCNCC2)cc1OC1CCCC1. The summed E-state index contributed by atoms with van der Waals surface area (Å²) in [6.07, 6.45) is 7.52. The highest BCUT2D eigenvalue weighted by Crippen LogP contribution is 2.33. The van der Waals surface area contributed by atoms with Gasteiger partial charge in [0.2, 0.25) is 0 Å². The molecule has 1 aliphatic carbocycles. The lowest BCUT2D eigenvalue weighted by molar-refractivity contribution is 0.160. The Morgan fingerprint density at radius 3 is 2.40 bits per heavy atom. The van der Waals surface area contributed by atoms with Crippen molar-refractivity contribution in [1.29, 1.82) is 0 Å². The first kappa shape index (κ1) is 14.0. The topological polar surface area (TPSA) is 30.5 Å². The molecule has 1 saturated heterocycles. The van der Waals surface area contributed by atoms with E-state index in [4.69, 9.17) is 21.1 Å². The maximum absolute atomic E-state index is 6.23. The highest BCUT2D eigenvalue weighted by molar-refractivity contribution is 6.32. The van der Waals surface area contributed by atoms with E-state index in [1.165, 1.54) is 12.8 Å². The molecule has 3 rings (SSSR count). The van der Waals surface area contributed by atoms with Crippen LogP contribution in [0.15, 0.2) is 18.2 Å². The smallest absolute Gasteiger partial charge is 0.141 e. The summed E-state index contributed by atoms with van der Waals surface area (Å²) in [4.78, 5) is 0. The van der Waals surface area contributed by atoms with Crippen LogP contribution in [0.25, 0.3) is 0 Å². The molecule has 0 unspecified atom stereocenters. The van der Waals surface area contributed by atoms with Crippen LogP contribution in [-0.4, -0.2) is 25.3 Å². The Morgan fingerprint density at radius 2 is 1.65 bits per heavy atom. The van der Waals surface area contributed by atoms with E-state index in [0.29, 0.717) is 17.2 Å². The molecule has 1 N–H and O–H groups in total. The zero-order chi connectivity index (χ0) is 13.8. The number of nitrogens with one attached hydrogen (secondary N) is 1. The first-order valence-electron chi connectivity index (χ1n) is 7.65. The van der Waals surface area contributed by atoms with Gasteiger partial charge in [0.05, 0.1) is 11.1 Å². The van der Waals surface area contributed by atoms with Crippen molar-refractivity contribution in [1.82, 2.24) is 5.32 Å². The van der Waals surface area contributed by atoms with Gasteiger partial charge in [-0.2, -0.15) is 0 Å². The maximum atomic E-state index is 6.23. The second-order valence-electron chi connectivity index (χ2n) is 5.68. The zero-order valence-electron chi connectivity index (χ0n) is 11.7. The fourth-order valence-electron chi connectivity index (χ4n) is 2.94. The standard InChI is InChI=1S/C16H22ClNO2/c17-15-6-5-14(19-13-7-9-18-10-8-13)11-16(15)20-12-3-1-2-4-12/h5-6,11-13,18H,1-4,7-10H2. The average molecular weight is 296 g/mol. The molecule has 0 radical (unpaired) electrons. The van der Waals surface area contributed by atoms with Gasteiger partial charge in [0, 0.05) is 6.07 Å². The summed E-state index contributed by atoms with van der Waals surface area (Å²) < 4.78 is 12.0. The Kier molecular flexibility index (Phi) is 4.69. The molecule has 1 aliphatic heterocycles. The van der Waals surface area contributed by atoms with Crippen LogP contribution in [0.4, 0.5) is 0 Å². The van der Waals surface area contributed by atoms with Crippen LogP contribution < -0.4 is 14.8 Å². The quantitative estimate of drug-likeness (QED) is 0.917. The summed E-state index contributed by atoms with van der Waals surface area (Å²) in [7, 11) is 0. The van der Waals surface area contributed by atoms with Crippen molar-refractivity contribution >= 4 is 11.6 Å². The minimum atomic E-state index is 0.303. The third kappa shape index (κ3) is 3.58. The number of piperidine rings is 1. The van der Waals surface area contributed by atoms with Crippen molar-refractivity contribution in [3.8, 4) is 11.5 Å². The molecule has 0 bridgehead atoms. The predicted octanol–water partition coefficient (Wildman–Crippen LogP) is 3.79. The van der Waals surface area contributed by atoms with Crippen LogP contribution in [0, 0.1) is 0 Å². The number of halogens is 1.